The molecule has 2 rings (SSSR count). The molecule has 1 N–H and O–H groups in total. The summed E-state index contributed by atoms with van der Waals surface area (Å²) >= 11 is 0. The second-order valence-electron chi connectivity index (χ2n) is 3.89. The number of nitro benzene ring substituents is 1. The molecule has 0 aliphatic carbocycles. The fraction of sp³-hybridized carbons (Fsp3) is 0.0769. The topological polar surface area (TPSA) is 103 Å². The van der Waals surface area contributed by atoms with Crippen molar-refractivity contribution in [1.82, 2.24) is 4.98 Å². The summed E-state index contributed by atoms with van der Waals surface area (Å²) in [6.45, 7) is 0.101. The lowest BCUT2D eigenvalue weighted by molar-refractivity contribution is -0.384. The van der Waals surface area contributed by atoms with Crippen molar-refractivity contribution in [2.24, 2.45) is 0 Å². The highest BCUT2D eigenvalue weighted by atomic mass is 16.6. The maximum absolute atomic E-state index is 11.0. The van der Waals surface area contributed by atoms with E-state index in [-0.39, 0.29) is 23.6 Å². The maximum Gasteiger partial charge on any atom is 0.339 e. The number of carbonyl (C=O) groups is 1. The molecule has 0 spiro atoms. The first kappa shape index (κ1) is 13.5. The van der Waals surface area contributed by atoms with Crippen LogP contribution in [-0.2, 0) is 6.61 Å². The van der Waals surface area contributed by atoms with Crippen molar-refractivity contribution in [2.45, 2.75) is 6.61 Å². The van der Waals surface area contributed by atoms with Crippen molar-refractivity contribution in [2.75, 3.05) is 0 Å². The standard InChI is InChI=1S/C13H10N2O5/c16-13(17)11-5-6-14-7-12(11)20-8-9-1-3-10(4-2-9)15(18)19/h1-7H,8H2,(H,16,17). The summed E-state index contributed by atoms with van der Waals surface area (Å²) in [7, 11) is 0. The quantitative estimate of drug-likeness (QED) is 0.662. The van der Waals surface area contributed by atoms with E-state index in [0.717, 1.165) is 0 Å². The molecule has 0 radical (unpaired) electrons. The predicted molar refractivity (Wildman–Crippen MR) is 68.6 cm³/mol. The molecule has 0 unspecified atom stereocenters. The number of nitro groups is 1. The Balaban J connectivity index is 2.09. The summed E-state index contributed by atoms with van der Waals surface area (Å²) in [5, 5.41) is 19.5. The summed E-state index contributed by atoms with van der Waals surface area (Å²) in [5.74, 6) is -0.954. The van der Waals surface area contributed by atoms with Gasteiger partial charge in [-0.05, 0) is 23.8 Å². The van der Waals surface area contributed by atoms with E-state index < -0.39 is 10.9 Å². The summed E-state index contributed by atoms with van der Waals surface area (Å²) in [6.07, 6.45) is 2.68. The molecule has 7 heteroatoms. The molecule has 1 aromatic heterocycles. The highest BCUT2D eigenvalue weighted by Crippen LogP contribution is 2.19. The van der Waals surface area contributed by atoms with Gasteiger partial charge in [0.15, 0.2) is 5.75 Å². The number of rotatable bonds is 5. The van der Waals surface area contributed by atoms with Crippen LogP contribution < -0.4 is 4.74 Å². The molecule has 0 aliphatic heterocycles. The molecule has 2 aromatic rings. The van der Waals surface area contributed by atoms with Crippen LogP contribution in [0.2, 0.25) is 0 Å². The van der Waals surface area contributed by atoms with Crippen LogP contribution in [0.15, 0.2) is 42.7 Å². The van der Waals surface area contributed by atoms with E-state index in [0.29, 0.717) is 5.56 Å². The summed E-state index contributed by atoms with van der Waals surface area (Å²) in [5.41, 5.74) is 0.694. The molecule has 20 heavy (non-hydrogen) atoms. The van der Waals surface area contributed by atoms with Crippen LogP contribution in [-0.4, -0.2) is 21.0 Å². The minimum absolute atomic E-state index is 0.0126. The number of pyridine rings is 1. The maximum atomic E-state index is 11.0. The molecule has 0 atom stereocenters. The first-order valence-electron chi connectivity index (χ1n) is 5.61. The SMILES string of the molecule is O=C(O)c1ccncc1OCc1ccc([N+](=O)[O-])cc1. The molecule has 0 bridgehead atoms. The lowest BCUT2D eigenvalue weighted by Gasteiger charge is -2.08. The second-order valence-corrected chi connectivity index (χ2v) is 3.89. The van der Waals surface area contributed by atoms with Crippen molar-refractivity contribution < 1.29 is 19.6 Å². The van der Waals surface area contributed by atoms with Crippen molar-refractivity contribution in [3.05, 3.63) is 64.0 Å². The Kier molecular flexibility index (Phi) is 3.90. The number of ether oxygens (including phenoxy) is 1. The Morgan fingerprint density at radius 2 is 2.00 bits per heavy atom. The number of hydrogen-bond acceptors (Lipinski definition) is 5. The monoisotopic (exact) mass is 274 g/mol. The number of benzene rings is 1. The van der Waals surface area contributed by atoms with Crippen LogP contribution in [0.3, 0.4) is 0 Å². The minimum atomic E-state index is -1.11. The van der Waals surface area contributed by atoms with E-state index in [1.54, 1.807) is 12.1 Å². The van der Waals surface area contributed by atoms with Crippen LogP contribution in [0.5, 0.6) is 5.75 Å². The van der Waals surface area contributed by atoms with Gasteiger partial charge in [0.2, 0.25) is 0 Å². The molecule has 0 saturated heterocycles. The zero-order valence-electron chi connectivity index (χ0n) is 10.2. The van der Waals surface area contributed by atoms with Gasteiger partial charge in [0.25, 0.3) is 5.69 Å². The number of hydrogen-bond donors (Lipinski definition) is 1. The number of nitrogens with zero attached hydrogens (tertiary/aromatic N) is 2. The number of non-ortho nitro benzene ring substituents is 1. The van der Waals surface area contributed by atoms with Crippen LogP contribution in [0, 0.1) is 10.1 Å². The van der Waals surface area contributed by atoms with Crippen molar-refractivity contribution in [3.8, 4) is 5.75 Å². The highest BCUT2D eigenvalue weighted by molar-refractivity contribution is 5.90. The van der Waals surface area contributed by atoms with Gasteiger partial charge in [0, 0.05) is 18.3 Å². The smallest absolute Gasteiger partial charge is 0.339 e. The largest absolute Gasteiger partial charge is 0.486 e. The Morgan fingerprint density at radius 1 is 1.30 bits per heavy atom. The van der Waals surface area contributed by atoms with Gasteiger partial charge < -0.3 is 9.84 Å². The van der Waals surface area contributed by atoms with E-state index in [9.17, 15) is 14.9 Å². The Bertz CT molecular complexity index is 639. The average molecular weight is 274 g/mol. The summed E-state index contributed by atoms with van der Waals surface area (Å²) < 4.78 is 5.37. The molecular formula is C13H10N2O5. The average Bonchev–Trinajstić information content (AvgIpc) is 2.45. The van der Waals surface area contributed by atoms with Crippen LogP contribution >= 0.6 is 0 Å². The number of aromatic nitrogens is 1. The summed E-state index contributed by atoms with van der Waals surface area (Å²) in [6, 6.07) is 7.16. The van der Waals surface area contributed by atoms with E-state index in [1.807, 2.05) is 0 Å². The van der Waals surface area contributed by atoms with Crippen LogP contribution in [0.4, 0.5) is 5.69 Å². The normalized spacial score (nSPS) is 10.0. The van der Waals surface area contributed by atoms with Gasteiger partial charge in [0.05, 0.1) is 11.1 Å². The predicted octanol–water partition coefficient (Wildman–Crippen LogP) is 2.27. The van der Waals surface area contributed by atoms with Gasteiger partial charge in [-0.3, -0.25) is 15.1 Å². The van der Waals surface area contributed by atoms with E-state index in [2.05, 4.69) is 4.98 Å². The van der Waals surface area contributed by atoms with E-state index in [4.69, 9.17) is 9.84 Å². The molecular weight excluding hydrogens is 264 g/mol. The zero-order chi connectivity index (χ0) is 14.5. The molecule has 102 valence electrons. The molecule has 1 aromatic carbocycles. The summed E-state index contributed by atoms with van der Waals surface area (Å²) in [4.78, 5) is 24.8. The molecule has 0 amide bonds. The van der Waals surface area contributed by atoms with Gasteiger partial charge in [-0.25, -0.2) is 4.79 Å². The zero-order valence-corrected chi connectivity index (χ0v) is 10.2. The first-order valence-corrected chi connectivity index (χ1v) is 5.61. The van der Waals surface area contributed by atoms with Gasteiger partial charge in [-0.15, -0.1) is 0 Å². The number of carboxylic acid groups (broad SMARTS) is 1. The van der Waals surface area contributed by atoms with Crippen molar-refractivity contribution >= 4 is 11.7 Å². The van der Waals surface area contributed by atoms with Gasteiger partial charge in [-0.2, -0.15) is 0 Å². The fourth-order valence-corrected chi connectivity index (χ4v) is 1.55. The lowest BCUT2D eigenvalue weighted by atomic mass is 10.2. The lowest BCUT2D eigenvalue weighted by Crippen LogP contribution is -2.03. The third kappa shape index (κ3) is 3.08. The number of aromatic carboxylic acids is 1. The van der Waals surface area contributed by atoms with Crippen LogP contribution in [0.1, 0.15) is 15.9 Å². The van der Waals surface area contributed by atoms with Gasteiger partial charge in [-0.1, -0.05) is 0 Å². The van der Waals surface area contributed by atoms with Crippen molar-refractivity contribution in [3.63, 3.8) is 0 Å². The molecule has 0 saturated carbocycles. The Hall–Kier alpha value is -2.96. The molecule has 1 heterocycles. The first-order chi connectivity index (χ1) is 9.58. The third-order valence-corrected chi connectivity index (χ3v) is 2.56. The van der Waals surface area contributed by atoms with Crippen LogP contribution in [0.25, 0.3) is 0 Å². The highest BCUT2D eigenvalue weighted by Gasteiger charge is 2.11. The van der Waals surface area contributed by atoms with Gasteiger partial charge in [0.1, 0.15) is 12.2 Å². The number of carboxylic acids is 1. The second kappa shape index (κ2) is 5.79. The molecule has 0 fully saturated rings. The third-order valence-electron chi connectivity index (χ3n) is 2.56. The minimum Gasteiger partial charge on any atom is -0.486 e. The van der Waals surface area contributed by atoms with Gasteiger partial charge >= 0.3 is 5.97 Å². The van der Waals surface area contributed by atoms with E-state index in [1.165, 1.54) is 30.6 Å². The molecule has 7 nitrogen and oxygen atoms in total. The fourth-order valence-electron chi connectivity index (χ4n) is 1.55. The van der Waals surface area contributed by atoms with E-state index >= 15 is 0 Å². The Morgan fingerprint density at radius 3 is 2.60 bits per heavy atom. The molecule has 0 aliphatic rings. The Labute approximate surface area is 113 Å². The van der Waals surface area contributed by atoms with Crippen molar-refractivity contribution in [1.29, 1.82) is 0 Å².